The van der Waals surface area contributed by atoms with Crippen LogP contribution < -0.4 is 0 Å². The van der Waals surface area contributed by atoms with Crippen LogP contribution in [0.15, 0.2) is 30.3 Å². The van der Waals surface area contributed by atoms with Crippen LogP contribution in [-0.4, -0.2) is 11.1 Å². The maximum Gasteiger partial charge on any atom is 0.311 e. The SMILES string of the molecule is C#CC[C@H](C(=O)O)c1ccccc1. The molecule has 2 heteroatoms. The average molecular weight is 174 g/mol. The van der Waals surface area contributed by atoms with Gasteiger partial charge in [-0.1, -0.05) is 30.3 Å². The van der Waals surface area contributed by atoms with Gasteiger partial charge in [-0.05, 0) is 5.56 Å². The van der Waals surface area contributed by atoms with Gasteiger partial charge < -0.3 is 5.11 Å². The van der Waals surface area contributed by atoms with E-state index in [9.17, 15) is 4.79 Å². The summed E-state index contributed by atoms with van der Waals surface area (Å²) in [5.74, 6) is 0.918. The second-order valence-electron chi connectivity index (χ2n) is 2.71. The summed E-state index contributed by atoms with van der Waals surface area (Å²) in [6, 6.07) is 9.01. The predicted octanol–water partition coefficient (Wildman–Crippen LogP) is 1.88. The molecule has 0 saturated heterocycles. The second kappa shape index (κ2) is 4.32. The molecule has 0 amide bonds. The molecule has 0 bridgehead atoms. The highest BCUT2D eigenvalue weighted by Crippen LogP contribution is 2.18. The Kier molecular flexibility index (Phi) is 3.10. The van der Waals surface area contributed by atoms with Gasteiger partial charge in [-0.2, -0.15) is 0 Å². The Morgan fingerprint density at radius 2 is 2.08 bits per heavy atom. The van der Waals surface area contributed by atoms with Crippen molar-refractivity contribution < 1.29 is 9.90 Å². The van der Waals surface area contributed by atoms with Crippen LogP contribution >= 0.6 is 0 Å². The topological polar surface area (TPSA) is 37.3 Å². The number of rotatable bonds is 3. The summed E-state index contributed by atoms with van der Waals surface area (Å²) in [6.07, 6.45) is 5.33. The van der Waals surface area contributed by atoms with Crippen molar-refractivity contribution in [1.29, 1.82) is 0 Å². The molecule has 1 rings (SSSR count). The standard InChI is InChI=1S/C11H10O2/c1-2-6-10(11(12)13)9-7-4-3-5-8-9/h1,3-5,7-8,10H,6H2,(H,12,13)/t10-/m0/s1. The molecule has 0 heterocycles. The van der Waals surface area contributed by atoms with Crippen LogP contribution in [0.4, 0.5) is 0 Å². The van der Waals surface area contributed by atoms with E-state index in [2.05, 4.69) is 5.92 Å². The number of carbonyl (C=O) groups is 1. The maximum absolute atomic E-state index is 10.8. The number of hydrogen-bond acceptors (Lipinski definition) is 1. The Morgan fingerprint density at radius 1 is 1.46 bits per heavy atom. The van der Waals surface area contributed by atoms with Crippen LogP contribution in [0, 0.1) is 12.3 Å². The minimum atomic E-state index is -0.871. The zero-order chi connectivity index (χ0) is 9.68. The van der Waals surface area contributed by atoms with Crippen molar-refractivity contribution in [3.8, 4) is 12.3 Å². The Labute approximate surface area is 77.2 Å². The third-order valence-corrected chi connectivity index (χ3v) is 1.82. The Bertz CT molecular complexity index is 322. The predicted molar refractivity (Wildman–Crippen MR) is 50.3 cm³/mol. The highest BCUT2D eigenvalue weighted by Gasteiger charge is 2.17. The van der Waals surface area contributed by atoms with Gasteiger partial charge >= 0.3 is 5.97 Å². The molecule has 0 saturated carbocycles. The fourth-order valence-corrected chi connectivity index (χ4v) is 1.15. The number of terminal acetylenes is 1. The van der Waals surface area contributed by atoms with Crippen molar-refractivity contribution in [2.45, 2.75) is 12.3 Å². The fraction of sp³-hybridized carbons (Fsp3) is 0.182. The van der Waals surface area contributed by atoms with E-state index in [0.29, 0.717) is 0 Å². The van der Waals surface area contributed by atoms with E-state index in [1.54, 1.807) is 12.1 Å². The van der Waals surface area contributed by atoms with Crippen molar-refractivity contribution in [2.24, 2.45) is 0 Å². The molecular weight excluding hydrogens is 164 g/mol. The van der Waals surface area contributed by atoms with Gasteiger partial charge in [0, 0.05) is 6.42 Å². The summed E-state index contributed by atoms with van der Waals surface area (Å²) < 4.78 is 0. The molecule has 0 aliphatic heterocycles. The molecule has 0 aliphatic rings. The number of aliphatic carboxylic acids is 1. The van der Waals surface area contributed by atoms with Crippen LogP contribution in [0.25, 0.3) is 0 Å². The van der Waals surface area contributed by atoms with Gasteiger partial charge in [0.2, 0.25) is 0 Å². The van der Waals surface area contributed by atoms with Gasteiger partial charge in [0.25, 0.3) is 0 Å². The minimum Gasteiger partial charge on any atom is -0.481 e. The van der Waals surface area contributed by atoms with Crippen LogP contribution in [0.5, 0.6) is 0 Å². The summed E-state index contributed by atoms with van der Waals surface area (Å²) in [5, 5.41) is 8.86. The monoisotopic (exact) mass is 174 g/mol. The Balaban J connectivity index is 2.90. The minimum absolute atomic E-state index is 0.235. The van der Waals surface area contributed by atoms with E-state index in [-0.39, 0.29) is 6.42 Å². The van der Waals surface area contributed by atoms with E-state index < -0.39 is 11.9 Å². The summed E-state index contributed by atoms with van der Waals surface area (Å²) in [4.78, 5) is 10.8. The zero-order valence-electron chi connectivity index (χ0n) is 7.10. The lowest BCUT2D eigenvalue weighted by atomic mass is 9.96. The van der Waals surface area contributed by atoms with Crippen molar-refractivity contribution >= 4 is 5.97 Å². The molecule has 1 N–H and O–H groups in total. The Hall–Kier alpha value is -1.75. The van der Waals surface area contributed by atoms with Gasteiger partial charge in [-0.15, -0.1) is 12.3 Å². The van der Waals surface area contributed by atoms with Crippen LogP contribution in [0.1, 0.15) is 17.9 Å². The van der Waals surface area contributed by atoms with Crippen molar-refractivity contribution in [2.75, 3.05) is 0 Å². The van der Waals surface area contributed by atoms with Crippen LogP contribution in [-0.2, 0) is 4.79 Å². The molecule has 1 aromatic carbocycles. The smallest absolute Gasteiger partial charge is 0.311 e. The van der Waals surface area contributed by atoms with Gasteiger partial charge in [-0.25, -0.2) is 0 Å². The molecule has 66 valence electrons. The van der Waals surface area contributed by atoms with Gasteiger partial charge in [0.15, 0.2) is 0 Å². The van der Waals surface area contributed by atoms with Crippen LogP contribution in [0.2, 0.25) is 0 Å². The summed E-state index contributed by atoms with van der Waals surface area (Å²) in [6.45, 7) is 0. The molecule has 0 aliphatic carbocycles. The van der Waals surface area contributed by atoms with Gasteiger partial charge in [0.1, 0.15) is 0 Å². The van der Waals surface area contributed by atoms with Gasteiger partial charge in [-0.3, -0.25) is 4.79 Å². The fourth-order valence-electron chi connectivity index (χ4n) is 1.15. The molecule has 0 radical (unpaired) electrons. The van der Waals surface area contributed by atoms with Gasteiger partial charge in [0.05, 0.1) is 5.92 Å². The first-order valence-electron chi connectivity index (χ1n) is 3.97. The molecule has 0 fully saturated rings. The Morgan fingerprint density at radius 3 is 2.54 bits per heavy atom. The van der Waals surface area contributed by atoms with Crippen molar-refractivity contribution in [1.82, 2.24) is 0 Å². The first-order valence-corrected chi connectivity index (χ1v) is 3.97. The van der Waals surface area contributed by atoms with Crippen molar-refractivity contribution in [3.05, 3.63) is 35.9 Å². The highest BCUT2D eigenvalue weighted by molar-refractivity contribution is 5.76. The second-order valence-corrected chi connectivity index (χ2v) is 2.71. The third kappa shape index (κ3) is 2.34. The number of carboxylic acids is 1. The van der Waals surface area contributed by atoms with Crippen LogP contribution in [0.3, 0.4) is 0 Å². The molecule has 1 atom stereocenters. The van der Waals surface area contributed by atoms with E-state index in [1.165, 1.54) is 0 Å². The molecule has 2 nitrogen and oxygen atoms in total. The maximum atomic E-state index is 10.8. The number of carboxylic acid groups (broad SMARTS) is 1. The van der Waals surface area contributed by atoms with E-state index >= 15 is 0 Å². The first-order chi connectivity index (χ1) is 6.25. The molecule has 1 aromatic rings. The largest absolute Gasteiger partial charge is 0.481 e. The number of hydrogen-bond donors (Lipinski definition) is 1. The van der Waals surface area contributed by atoms with Crippen molar-refractivity contribution in [3.63, 3.8) is 0 Å². The summed E-state index contributed by atoms with van der Waals surface area (Å²) in [7, 11) is 0. The lowest BCUT2D eigenvalue weighted by molar-refractivity contribution is -0.138. The van der Waals surface area contributed by atoms with E-state index in [1.807, 2.05) is 18.2 Å². The third-order valence-electron chi connectivity index (χ3n) is 1.82. The van der Waals surface area contributed by atoms with E-state index in [0.717, 1.165) is 5.56 Å². The molecule has 13 heavy (non-hydrogen) atoms. The molecule has 0 unspecified atom stereocenters. The quantitative estimate of drug-likeness (QED) is 0.710. The first kappa shape index (κ1) is 9.34. The summed E-state index contributed by atoms with van der Waals surface area (Å²) >= 11 is 0. The normalized spacial score (nSPS) is 11.6. The molecule has 0 aromatic heterocycles. The average Bonchev–Trinajstić information content (AvgIpc) is 2.15. The summed E-state index contributed by atoms with van der Waals surface area (Å²) in [5.41, 5.74) is 0.757. The lowest BCUT2D eigenvalue weighted by Crippen LogP contribution is -2.10. The molecular formula is C11H10O2. The highest BCUT2D eigenvalue weighted by atomic mass is 16.4. The lowest BCUT2D eigenvalue weighted by Gasteiger charge is -2.08. The number of benzene rings is 1. The van der Waals surface area contributed by atoms with E-state index in [4.69, 9.17) is 11.5 Å². The zero-order valence-corrected chi connectivity index (χ0v) is 7.10. The molecule has 0 spiro atoms.